The third kappa shape index (κ3) is 4.28. The van der Waals surface area contributed by atoms with Crippen LogP contribution in [0.25, 0.3) is 11.1 Å². The number of carboxylic acid groups (broad SMARTS) is 1. The van der Waals surface area contributed by atoms with Crippen LogP contribution in [0.5, 0.6) is 5.75 Å². The molecule has 0 spiro atoms. The average Bonchev–Trinajstić information content (AvgIpc) is 3.24. The van der Waals surface area contributed by atoms with Gasteiger partial charge in [0.25, 0.3) is 0 Å². The Morgan fingerprint density at radius 3 is 2.67 bits per heavy atom. The van der Waals surface area contributed by atoms with Gasteiger partial charge in [-0.05, 0) is 66.8 Å². The number of halogens is 2. The molecule has 0 fully saturated rings. The molecule has 1 aromatic heterocycles. The molecule has 1 heterocycles. The Labute approximate surface area is 182 Å². The molecule has 3 aromatic rings. The van der Waals surface area contributed by atoms with Crippen molar-refractivity contribution in [2.24, 2.45) is 0 Å². The van der Waals surface area contributed by atoms with Crippen LogP contribution in [0.4, 0.5) is 4.39 Å². The van der Waals surface area contributed by atoms with Gasteiger partial charge in [0.15, 0.2) is 0 Å². The standard InChI is InChI=1S/C24H19BrFNO3/c25-16-11-12-23(30-14-15-5-1-2-8-20(15)26)19(13-16)17-6-3-7-18(17)21-9-4-10-22(27-21)24(28)29/h1-2,4-5,8-13H,3,6-7,14H2,(H,28,29). The van der Waals surface area contributed by atoms with Crippen molar-refractivity contribution in [3.05, 3.63) is 93.5 Å². The minimum atomic E-state index is -1.05. The number of nitrogens with zero attached hydrogens (tertiary/aromatic N) is 1. The summed E-state index contributed by atoms with van der Waals surface area (Å²) < 4.78 is 20.9. The Morgan fingerprint density at radius 1 is 1.07 bits per heavy atom. The maximum absolute atomic E-state index is 14.0. The number of hydrogen-bond acceptors (Lipinski definition) is 3. The van der Waals surface area contributed by atoms with E-state index in [1.807, 2.05) is 24.3 Å². The molecule has 0 amide bonds. The van der Waals surface area contributed by atoms with Crippen LogP contribution in [-0.4, -0.2) is 16.1 Å². The fourth-order valence-corrected chi connectivity index (χ4v) is 4.04. The summed E-state index contributed by atoms with van der Waals surface area (Å²) in [5.74, 6) is -0.690. The molecule has 0 bridgehead atoms. The summed E-state index contributed by atoms with van der Waals surface area (Å²) in [7, 11) is 0. The highest BCUT2D eigenvalue weighted by Crippen LogP contribution is 2.43. The topological polar surface area (TPSA) is 59.4 Å². The van der Waals surface area contributed by atoms with Crippen molar-refractivity contribution in [3.63, 3.8) is 0 Å². The van der Waals surface area contributed by atoms with Crippen molar-refractivity contribution in [2.75, 3.05) is 0 Å². The maximum atomic E-state index is 14.0. The number of aromatic nitrogens is 1. The van der Waals surface area contributed by atoms with E-state index in [0.717, 1.165) is 40.4 Å². The van der Waals surface area contributed by atoms with E-state index in [1.54, 1.807) is 24.3 Å². The van der Waals surface area contributed by atoms with Crippen LogP contribution in [0.1, 0.15) is 46.6 Å². The molecule has 0 saturated heterocycles. The Bertz CT molecular complexity index is 1140. The number of aromatic carboxylic acids is 1. The molecule has 1 aliphatic carbocycles. The number of hydrogen-bond donors (Lipinski definition) is 1. The van der Waals surface area contributed by atoms with E-state index in [4.69, 9.17) is 4.74 Å². The van der Waals surface area contributed by atoms with Gasteiger partial charge < -0.3 is 9.84 Å². The Kier molecular flexibility index (Phi) is 5.95. The molecule has 152 valence electrons. The van der Waals surface area contributed by atoms with Crippen molar-refractivity contribution in [3.8, 4) is 5.75 Å². The molecule has 0 saturated carbocycles. The van der Waals surface area contributed by atoms with Crippen LogP contribution in [-0.2, 0) is 6.61 Å². The monoisotopic (exact) mass is 467 g/mol. The predicted molar refractivity (Wildman–Crippen MR) is 117 cm³/mol. The van der Waals surface area contributed by atoms with Crippen molar-refractivity contribution < 1.29 is 19.0 Å². The molecule has 4 rings (SSSR count). The van der Waals surface area contributed by atoms with Gasteiger partial charge in [-0.2, -0.15) is 0 Å². The molecule has 0 unspecified atom stereocenters. The van der Waals surface area contributed by atoms with Crippen molar-refractivity contribution in [1.29, 1.82) is 0 Å². The summed E-state index contributed by atoms with van der Waals surface area (Å²) in [6, 6.07) is 17.3. The van der Waals surface area contributed by atoms with Gasteiger partial charge in [0.05, 0.1) is 5.69 Å². The summed E-state index contributed by atoms with van der Waals surface area (Å²) in [6.07, 6.45) is 2.59. The van der Waals surface area contributed by atoms with Crippen molar-refractivity contribution >= 4 is 33.0 Å². The largest absolute Gasteiger partial charge is 0.488 e. The van der Waals surface area contributed by atoms with Crippen LogP contribution in [0.2, 0.25) is 0 Å². The number of carbonyl (C=O) groups is 1. The zero-order chi connectivity index (χ0) is 21.1. The number of ether oxygens (including phenoxy) is 1. The second-order valence-electron chi connectivity index (χ2n) is 7.04. The zero-order valence-corrected chi connectivity index (χ0v) is 17.7. The SMILES string of the molecule is O=C(O)c1cccc(C2=C(c3cc(Br)ccc3OCc3ccccc3F)CCC2)n1. The lowest BCUT2D eigenvalue weighted by molar-refractivity contribution is 0.0690. The summed E-state index contributed by atoms with van der Waals surface area (Å²) in [6.45, 7) is 0.122. The lowest BCUT2D eigenvalue weighted by Crippen LogP contribution is -2.03. The van der Waals surface area contributed by atoms with Crippen molar-refractivity contribution in [1.82, 2.24) is 4.98 Å². The molecule has 0 radical (unpaired) electrons. The van der Waals surface area contributed by atoms with Gasteiger partial charge in [0.2, 0.25) is 0 Å². The number of carboxylic acids is 1. The van der Waals surface area contributed by atoms with Gasteiger partial charge in [-0.15, -0.1) is 0 Å². The second-order valence-corrected chi connectivity index (χ2v) is 7.96. The Balaban J connectivity index is 1.72. The fraction of sp³-hybridized carbons (Fsp3) is 0.167. The summed E-state index contributed by atoms with van der Waals surface area (Å²) in [5.41, 5.74) is 4.19. The van der Waals surface area contributed by atoms with Crippen LogP contribution in [0.3, 0.4) is 0 Å². The molecule has 1 N–H and O–H groups in total. The van der Waals surface area contributed by atoms with Crippen LogP contribution in [0, 0.1) is 5.82 Å². The summed E-state index contributed by atoms with van der Waals surface area (Å²) >= 11 is 3.53. The van der Waals surface area contributed by atoms with Gasteiger partial charge in [0.1, 0.15) is 23.9 Å². The number of pyridine rings is 1. The van der Waals surface area contributed by atoms with Gasteiger partial charge in [-0.25, -0.2) is 14.2 Å². The van der Waals surface area contributed by atoms with Crippen LogP contribution < -0.4 is 4.74 Å². The van der Waals surface area contributed by atoms with Crippen LogP contribution >= 0.6 is 15.9 Å². The number of benzene rings is 2. The summed E-state index contributed by atoms with van der Waals surface area (Å²) in [4.78, 5) is 15.7. The molecule has 1 aliphatic rings. The van der Waals surface area contributed by atoms with E-state index < -0.39 is 5.97 Å². The van der Waals surface area contributed by atoms with E-state index in [9.17, 15) is 14.3 Å². The first kappa shape index (κ1) is 20.3. The van der Waals surface area contributed by atoms with E-state index in [0.29, 0.717) is 17.0 Å². The Morgan fingerprint density at radius 2 is 1.87 bits per heavy atom. The second kappa shape index (κ2) is 8.79. The highest BCUT2D eigenvalue weighted by Gasteiger charge is 2.22. The fourth-order valence-electron chi connectivity index (χ4n) is 3.68. The Hall–Kier alpha value is -2.99. The zero-order valence-electron chi connectivity index (χ0n) is 16.1. The molecule has 0 aliphatic heterocycles. The van der Waals surface area contributed by atoms with Gasteiger partial charge in [-0.1, -0.05) is 40.2 Å². The molecular formula is C24H19BrFNO3. The predicted octanol–water partition coefficient (Wildman–Crippen LogP) is 6.36. The first-order chi connectivity index (χ1) is 14.5. The van der Waals surface area contributed by atoms with Crippen LogP contribution in [0.15, 0.2) is 65.1 Å². The highest BCUT2D eigenvalue weighted by atomic mass is 79.9. The third-order valence-corrected chi connectivity index (χ3v) is 5.60. The lowest BCUT2D eigenvalue weighted by atomic mass is 9.99. The number of rotatable bonds is 6. The van der Waals surface area contributed by atoms with Crippen molar-refractivity contribution in [2.45, 2.75) is 25.9 Å². The smallest absolute Gasteiger partial charge is 0.354 e. The average molecular weight is 468 g/mol. The van der Waals surface area contributed by atoms with E-state index in [-0.39, 0.29) is 18.1 Å². The lowest BCUT2D eigenvalue weighted by Gasteiger charge is -2.15. The number of allylic oxidation sites excluding steroid dienone is 2. The van der Waals surface area contributed by atoms with Gasteiger partial charge in [0, 0.05) is 15.6 Å². The van der Waals surface area contributed by atoms with Gasteiger partial charge >= 0.3 is 5.97 Å². The molecule has 30 heavy (non-hydrogen) atoms. The summed E-state index contributed by atoms with van der Waals surface area (Å²) in [5, 5.41) is 9.28. The molecule has 2 aromatic carbocycles. The highest BCUT2D eigenvalue weighted by molar-refractivity contribution is 9.10. The molecule has 6 heteroatoms. The molecule has 4 nitrogen and oxygen atoms in total. The minimum Gasteiger partial charge on any atom is -0.488 e. The van der Waals surface area contributed by atoms with E-state index in [1.165, 1.54) is 12.1 Å². The first-order valence-corrected chi connectivity index (χ1v) is 10.4. The van der Waals surface area contributed by atoms with E-state index >= 15 is 0 Å². The molecular weight excluding hydrogens is 449 g/mol. The molecule has 0 atom stereocenters. The maximum Gasteiger partial charge on any atom is 0.354 e. The van der Waals surface area contributed by atoms with E-state index in [2.05, 4.69) is 20.9 Å². The minimum absolute atomic E-state index is 0.0246. The van der Waals surface area contributed by atoms with Gasteiger partial charge in [-0.3, -0.25) is 0 Å². The first-order valence-electron chi connectivity index (χ1n) is 9.62. The third-order valence-electron chi connectivity index (χ3n) is 5.10. The normalized spacial score (nSPS) is 13.5. The quantitative estimate of drug-likeness (QED) is 0.458.